The smallest absolute Gasteiger partial charge is 0.306 e. The number of carbonyl (C=O) groups excluding carboxylic acids is 3. The molecule has 0 amide bonds. The Hall–Kier alpha value is -5.49. The maximum atomic E-state index is 12.9. The molecule has 0 aromatic heterocycles. The Morgan fingerprint density at radius 3 is 0.756 bits per heavy atom. The van der Waals surface area contributed by atoms with Crippen molar-refractivity contribution >= 4 is 17.9 Å². The molecule has 82 heavy (non-hydrogen) atoms. The van der Waals surface area contributed by atoms with Crippen molar-refractivity contribution in [2.45, 2.75) is 264 Å². The molecule has 0 radical (unpaired) electrons. The number of unbranched alkanes of at least 4 members (excludes halogenated alkanes) is 16. The van der Waals surface area contributed by atoms with Crippen LogP contribution in [0.2, 0.25) is 0 Å². The van der Waals surface area contributed by atoms with E-state index in [4.69, 9.17) is 14.2 Å². The third-order valence-electron chi connectivity index (χ3n) is 13.1. The van der Waals surface area contributed by atoms with Gasteiger partial charge in [-0.05, 0) is 161 Å². The lowest BCUT2D eigenvalue weighted by Gasteiger charge is -2.18. The molecule has 0 aliphatic carbocycles. The number of hydrogen-bond donors (Lipinski definition) is 0. The summed E-state index contributed by atoms with van der Waals surface area (Å²) in [5.74, 6) is -0.977. The van der Waals surface area contributed by atoms with Crippen LogP contribution in [-0.2, 0) is 28.6 Å². The third-order valence-corrected chi connectivity index (χ3v) is 13.1. The first-order chi connectivity index (χ1) is 40.5. The van der Waals surface area contributed by atoms with Crippen LogP contribution in [0.1, 0.15) is 258 Å². The van der Waals surface area contributed by atoms with Gasteiger partial charge in [0.2, 0.25) is 0 Å². The van der Waals surface area contributed by atoms with E-state index in [1.54, 1.807) is 0 Å². The summed E-state index contributed by atoms with van der Waals surface area (Å²) in [4.78, 5) is 38.3. The molecule has 6 heteroatoms. The number of esters is 3. The first kappa shape index (κ1) is 76.5. The molecule has 0 aliphatic heterocycles. The fraction of sp³-hybridized carbons (Fsp3) is 0.566. The average molecular weight is 1130 g/mol. The van der Waals surface area contributed by atoms with Gasteiger partial charge in [0.15, 0.2) is 6.10 Å². The van der Waals surface area contributed by atoms with E-state index in [2.05, 4.69) is 203 Å². The highest BCUT2D eigenvalue weighted by molar-refractivity contribution is 5.71. The molecule has 0 rings (SSSR count). The van der Waals surface area contributed by atoms with Crippen LogP contribution in [0.15, 0.2) is 182 Å². The fourth-order valence-corrected chi connectivity index (χ4v) is 8.28. The predicted octanol–water partition coefficient (Wildman–Crippen LogP) is 22.8. The van der Waals surface area contributed by atoms with Crippen molar-refractivity contribution in [1.82, 2.24) is 0 Å². The number of allylic oxidation sites excluding steroid dienone is 30. The second kappa shape index (κ2) is 68.0. The Kier molecular flexibility index (Phi) is 63.5. The maximum Gasteiger partial charge on any atom is 0.306 e. The van der Waals surface area contributed by atoms with E-state index in [0.29, 0.717) is 12.8 Å². The van der Waals surface area contributed by atoms with Gasteiger partial charge in [-0.15, -0.1) is 0 Å². The van der Waals surface area contributed by atoms with Gasteiger partial charge in [-0.3, -0.25) is 14.4 Å². The SMILES string of the molecule is CC/C=C\C/C=C\C/C=C\C/C=C\C/C=C\C/C=C\C/C=C\C/C=C\CCCCCCC(=O)OCC(COC(=O)CCCCCCC/C=C\CCCCC)OC(=O)CCCCCC/C=C\C/C=C\C/C=C\C/C=C\C/C=C\C/C=C\CC. The minimum atomic E-state index is -0.818. The molecule has 0 aromatic carbocycles. The number of hydrogen-bond acceptors (Lipinski definition) is 6. The summed E-state index contributed by atoms with van der Waals surface area (Å²) in [7, 11) is 0. The van der Waals surface area contributed by atoms with Crippen molar-refractivity contribution in [2.75, 3.05) is 13.2 Å². The van der Waals surface area contributed by atoms with Crippen LogP contribution in [0.25, 0.3) is 0 Å². The highest BCUT2D eigenvalue weighted by Gasteiger charge is 2.19. The number of ether oxygens (including phenoxy) is 3. The minimum absolute atomic E-state index is 0.110. The summed E-state index contributed by atoms with van der Waals surface area (Å²) < 4.78 is 16.9. The van der Waals surface area contributed by atoms with E-state index >= 15 is 0 Å². The Bertz CT molecular complexity index is 1920. The Morgan fingerprint density at radius 2 is 0.476 bits per heavy atom. The summed E-state index contributed by atoms with van der Waals surface area (Å²) in [6, 6.07) is 0. The van der Waals surface area contributed by atoms with Gasteiger partial charge in [-0.25, -0.2) is 0 Å². The molecule has 6 nitrogen and oxygen atoms in total. The highest BCUT2D eigenvalue weighted by Crippen LogP contribution is 2.13. The molecule has 1 atom stereocenters. The molecule has 0 fully saturated rings. The van der Waals surface area contributed by atoms with Crippen molar-refractivity contribution < 1.29 is 28.6 Å². The third kappa shape index (κ3) is 65.3. The molecule has 0 saturated carbocycles. The summed E-state index contributed by atoms with van der Waals surface area (Å²) >= 11 is 0. The summed E-state index contributed by atoms with van der Waals surface area (Å²) in [6.07, 6.45) is 102. The zero-order valence-corrected chi connectivity index (χ0v) is 52.4. The van der Waals surface area contributed by atoms with E-state index < -0.39 is 6.10 Å². The van der Waals surface area contributed by atoms with Crippen LogP contribution in [0.5, 0.6) is 0 Å². The Balaban J connectivity index is 4.46. The molecule has 0 aliphatic rings. The molecular weight excluding hydrogens is 1010 g/mol. The van der Waals surface area contributed by atoms with Gasteiger partial charge >= 0.3 is 17.9 Å². The van der Waals surface area contributed by atoms with E-state index in [0.717, 1.165) is 186 Å². The van der Waals surface area contributed by atoms with E-state index in [9.17, 15) is 14.4 Å². The lowest BCUT2D eigenvalue weighted by atomic mass is 10.1. The quantitative estimate of drug-likeness (QED) is 0.0261. The van der Waals surface area contributed by atoms with Crippen molar-refractivity contribution in [2.24, 2.45) is 0 Å². The topological polar surface area (TPSA) is 78.9 Å². The highest BCUT2D eigenvalue weighted by atomic mass is 16.6. The summed E-state index contributed by atoms with van der Waals surface area (Å²) in [5.41, 5.74) is 0. The molecule has 458 valence electrons. The predicted molar refractivity (Wildman–Crippen MR) is 357 cm³/mol. The minimum Gasteiger partial charge on any atom is -0.462 e. The summed E-state index contributed by atoms with van der Waals surface area (Å²) in [5, 5.41) is 0. The largest absolute Gasteiger partial charge is 0.462 e. The average Bonchev–Trinajstić information content (AvgIpc) is 3.47. The molecular formula is C76H118O6. The molecule has 0 aromatic rings. The zero-order valence-electron chi connectivity index (χ0n) is 52.4. The van der Waals surface area contributed by atoms with Crippen LogP contribution < -0.4 is 0 Å². The lowest BCUT2D eigenvalue weighted by molar-refractivity contribution is -0.167. The van der Waals surface area contributed by atoms with Crippen molar-refractivity contribution in [3.05, 3.63) is 182 Å². The molecule has 0 saturated heterocycles. The molecule has 0 spiro atoms. The zero-order chi connectivity index (χ0) is 59.2. The van der Waals surface area contributed by atoms with Gasteiger partial charge < -0.3 is 14.2 Å². The molecule has 0 N–H and O–H groups in total. The first-order valence-corrected chi connectivity index (χ1v) is 32.8. The van der Waals surface area contributed by atoms with Gasteiger partial charge in [0.25, 0.3) is 0 Å². The van der Waals surface area contributed by atoms with Gasteiger partial charge in [-0.1, -0.05) is 261 Å². The van der Waals surface area contributed by atoms with E-state index in [1.165, 1.54) is 32.1 Å². The number of carbonyl (C=O) groups is 3. The van der Waals surface area contributed by atoms with Crippen molar-refractivity contribution in [1.29, 1.82) is 0 Å². The first-order valence-electron chi connectivity index (χ1n) is 32.8. The second-order valence-corrected chi connectivity index (χ2v) is 20.9. The van der Waals surface area contributed by atoms with Gasteiger partial charge in [0, 0.05) is 19.3 Å². The van der Waals surface area contributed by atoms with Crippen LogP contribution >= 0.6 is 0 Å². The van der Waals surface area contributed by atoms with Gasteiger partial charge in [0.1, 0.15) is 13.2 Å². The van der Waals surface area contributed by atoms with Crippen LogP contribution in [0.4, 0.5) is 0 Å². The monoisotopic (exact) mass is 1130 g/mol. The van der Waals surface area contributed by atoms with Crippen LogP contribution in [-0.4, -0.2) is 37.2 Å². The fourth-order valence-electron chi connectivity index (χ4n) is 8.28. The Morgan fingerprint density at radius 1 is 0.256 bits per heavy atom. The van der Waals surface area contributed by atoms with E-state index in [1.807, 2.05) is 0 Å². The standard InChI is InChI=1S/C76H118O6/c1-4-7-10-13-16-19-22-25-27-29-31-33-35-36-37-38-39-40-42-43-45-47-49-51-54-57-60-63-66-69-75(78)81-72-73(71-80-74(77)68-65-62-59-56-53-24-21-18-15-12-9-6-3)82-76(79)70-67-64-61-58-55-52-50-48-46-44-41-34-32-30-28-26-23-20-17-14-11-8-5-2/h7-8,10-11,16-21,25-28,31-34,36-37,39-40,43-46,49-52,73H,4-6,9,12-15,22-24,29-30,35,38,41-42,47-48,53-72H2,1-3H3/b10-7-,11-8-,19-16-,20-17-,21-18-,27-25-,28-26-,33-31-,34-32-,37-36-,40-39-,45-43-,46-44-,51-49-,52-50-. The number of rotatable bonds is 57. The van der Waals surface area contributed by atoms with Crippen LogP contribution in [0.3, 0.4) is 0 Å². The summed E-state index contributed by atoms with van der Waals surface area (Å²) in [6.45, 7) is 6.33. The normalized spacial score (nSPS) is 13.4. The molecule has 0 heterocycles. The Labute approximate surface area is 504 Å². The van der Waals surface area contributed by atoms with Gasteiger partial charge in [-0.2, -0.15) is 0 Å². The van der Waals surface area contributed by atoms with E-state index in [-0.39, 0.29) is 37.5 Å². The molecule has 0 bridgehead atoms. The second-order valence-electron chi connectivity index (χ2n) is 20.9. The van der Waals surface area contributed by atoms with Gasteiger partial charge in [0.05, 0.1) is 0 Å². The van der Waals surface area contributed by atoms with Crippen molar-refractivity contribution in [3.8, 4) is 0 Å². The van der Waals surface area contributed by atoms with Crippen LogP contribution in [0, 0.1) is 0 Å². The maximum absolute atomic E-state index is 12.9. The molecule has 1 unspecified atom stereocenters. The van der Waals surface area contributed by atoms with Crippen molar-refractivity contribution in [3.63, 3.8) is 0 Å². The lowest BCUT2D eigenvalue weighted by Crippen LogP contribution is -2.30.